The molecule has 0 saturated heterocycles. The van der Waals surface area contributed by atoms with Gasteiger partial charge in [-0.05, 0) is 12.8 Å². The van der Waals surface area contributed by atoms with Crippen LogP contribution in [-0.4, -0.2) is 45.8 Å². The van der Waals surface area contributed by atoms with Crippen LogP contribution in [0.3, 0.4) is 0 Å². The molecule has 1 heterocycles. The fourth-order valence-corrected chi connectivity index (χ4v) is 2.85. The van der Waals surface area contributed by atoms with Crippen LogP contribution in [0.2, 0.25) is 0 Å². The minimum Gasteiger partial charge on any atom is -0.481 e. The molecule has 0 aliphatic heterocycles. The van der Waals surface area contributed by atoms with E-state index in [2.05, 4.69) is 29.4 Å². The molecule has 21 heavy (non-hydrogen) atoms. The SMILES string of the molecule is CCC(CC)c1nnc(NC(=O)N(C)CC(C)C(=O)O)s1. The van der Waals surface area contributed by atoms with Crippen LogP contribution < -0.4 is 5.32 Å². The molecule has 0 radical (unpaired) electrons. The molecular weight excluding hydrogens is 292 g/mol. The molecule has 0 aliphatic rings. The highest BCUT2D eigenvalue weighted by Crippen LogP contribution is 2.28. The van der Waals surface area contributed by atoms with Crippen molar-refractivity contribution < 1.29 is 14.7 Å². The third-order valence-electron chi connectivity index (χ3n) is 3.31. The molecule has 2 amide bonds. The summed E-state index contributed by atoms with van der Waals surface area (Å²) < 4.78 is 0. The van der Waals surface area contributed by atoms with Gasteiger partial charge in [-0.25, -0.2) is 4.79 Å². The minimum absolute atomic E-state index is 0.138. The lowest BCUT2D eigenvalue weighted by molar-refractivity contribution is -0.141. The molecule has 7 nitrogen and oxygen atoms in total. The van der Waals surface area contributed by atoms with Crippen molar-refractivity contribution in [2.45, 2.75) is 39.5 Å². The van der Waals surface area contributed by atoms with Crippen molar-refractivity contribution >= 4 is 28.5 Å². The van der Waals surface area contributed by atoms with E-state index in [9.17, 15) is 9.59 Å². The van der Waals surface area contributed by atoms with Crippen molar-refractivity contribution in [3.05, 3.63) is 5.01 Å². The number of amides is 2. The Morgan fingerprint density at radius 3 is 2.48 bits per heavy atom. The maximum atomic E-state index is 11.9. The molecule has 0 spiro atoms. The number of carbonyl (C=O) groups excluding carboxylic acids is 1. The van der Waals surface area contributed by atoms with Gasteiger partial charge in [-0.3, -0.25) is 10.1 Å². The average Bonchev–Trinajstić information content (AvgIpc) is 2.88. The Morgan fingerprint density at radius 2 is 1.95 bits per heavy atom. The van der Waals surface area contributed by atoms with Crippen molar-refractivity contribution in [1.82, 2.24) is 15.1 Å². The number of hydrogen-bond donors (Lipinski definition) is 2. The number of rotatable bonds is 7. The van der Waals surface area contributed by atoms with E-state index in [0.717, 1.165) is 17.8 Å². The summed E-state index contributed by atoms with van der Waals surface area (Å²) in [6, 6.07) is -0.379. The van der Waals surface area contributed by atoms with Gasteiger partial charge in [0.05, 0.1) is 5.92 Å². The first kappa shape index (κ1) is 17.4. The second-order valence-electron chi connectivity index (χ2n) is 5.01. The standard InChI is InChI=1S/C13H22N4O3S/c1-5-9(6-2)10-15-16-12(21-10)14-13(20)17(4)7-8(3)11(18)19/h8-9H,5-7H2,1-4H3,(H,18,19)(H,14,16,20). The molecular formula is C13H22N4O3S. The Balaban J connectivity index is 2.60. The monoisotopic (exact) mass is 314 g/mol. The maximum absolute atomic E-state index is 11.9. The second kappa shape index (κ2) is 7.92. The molecule has 1 aromatic heterocycles. The number of carboxylic acids is 1. The van der Waals surface area contributed by atoms with Gasteiger partial charge in [0.15, 0.2) is 0 Å². The Kier molecular flexibility index (Phi) is 6.54. The van der Waals surface area contributed by atoms with Crippen molar-refractivity contribution in [3.8, 4) is 0 Å². The van der Waals surface area contributed by atoms with E-state index >= 15 is 0 Å². The van der Waals surface area contributed by atoms with Crippen molar-refractivity contribution in [3.63, 3.8) is 0 Å². The number of urea groups is 1. The number of carboxylic acid groups (broad SMARTS) is 1. The van der Waals surface area contributed by atoms with Gasteiger partial charge in [-0.15, -0.1) is 10.2 Å². The van der Waals surface area contributed by atoms with Gasteiger partial charge in [0.1, 0.15) is 5.01 Å². The zero-order chi connectivity index (χ0) is 16.0. The van der Waals surface area contributed by atoms with E-state index < -0.39 is 11.9 Å². The van der Waals surface area contributed by atoms with Gasteiger partial charge >= 0.3 is 12.0 Å². The first-order valence-electron chi connectivity index (χ1n) is 6.97. The third-order valence-corrected chi connectivity index (χ3v) is 4.31. The first-order valence-corrected chi connectivity index (χ1v) is 7.78. The molecule has 1 rings (SSSR count). The van der Waals surface area contributed by atoms with Crippen LogP contribution in [0.25, 0.3) is 0 Å². The van der Waals surface area contributed by atoms with Crippen LogP contribution >= 0.6 is 11.3 Å². The van der Waals surface area contributed by atoms with E-state index in [4.69, 9.17) is 5.11 Å². The topological polar surface area (TPSA) is 95.4 Å². The number of aromatic nitrogens is 2. The summed E-state index contributed by atoms with van der Waals surface area (Å²) in [6.07, 6.45) is 1.96. The Morgan fingerprint density at radius 1 is 1.33 bits per heavy atom. The first-order chi connectivity index (χ1) is 9.88. The van der Waals surface area contributed by atoms with Crippen LogP contribution in [0, 0.1) is 5.92 Å². The van der Waals surface area contributed by atoms with Gasteiger partial charge in [-0.1, -0.05) is 32.1 Å². The smallest absolute Gasteiger partial charge is 0.323 e. The molecule has 118 valence electrons. The summed E-state index contributed by atoms with van der Waals surface area (Å²) in [7, 11) is 1.55. The largest absolute Gasteiger partial charge is 0.481 e. The third kappa shape index (κ3) is 4.96. The molecule has 0 fully saturated rings. The van der Waals surface area contributed by atoms with Crippen molar-refractivity contribution in [2.24, 2.45) is 5.92 Å². The quantitative estimate of drug-likeness (QED) is 0.806. The number of nitrogens with one attached hydrogen (secondary N) is 1. The zero-order valence-electron chi connectivity index (χ0n) is 12.8. The second-order valence-corrected chi connectivity index (χ2v) is 6.02. The predicted molar refractivity (Wildman–Crippen MR) is 81.7 cm³/mol. The highest BCUT2D eigenvalue weighted by molar-refractivity contribution is 7.15. The molecule has 0 aromatic carbocycles. The van der Waals surface area contributed by atoms with Gasteiger partial charge in [0, 0.05) is 19.5 Å². The lowest BCUT2D eigenvalue weighted by atomic mass is 10.1. The summed E-state index contributed by atoms with van der Waals surface area (Å²) in [4.78, 5) is 24.1. The minimum atomic E-state index is -0.929. The summed E-state index contributed by atoms with van der Waals surface area (Å²) in [6.45, 7) is 5.88. The summed E-state index contributed by atoms with van der Waals surface area (Å²) >= 11 is 1.36. The number of carbonyl (C=O) groups is 2. The molecule has 0 aliphatic carbocycles. The predicted octanol–water partition coefficient (Wildman–Crippen LogP) is 2.63. The fourth-order valence-electron chi connectivity index (χ4n) is 1.85. The number of anilines is 1. The van der Waals surface area contributed by atoms with E-state index in [1.165, 1.54) is 16.2 Å². The molecule has 0 saturated carbocycles. The number of hydrogen-bond acceptors (Lipinski definition) is 5. The molecule has 0 bridgehead atoms. The maximum Gasteiger partial charge on any atom is 0.323 e. The van der Waals surface area contributed by atoms with Crippen LogP contribution in [0.4, 0.5) is 9.93 Å². The molecule has 1 aromatic rings. The molecule has 2 N–H and O–H groups in total. The number of nitrogens with zero attached hydrogens (tertiary/aromatic N) is 3. The lowest BCUT2D eigenvalue weighted by Gasteiger charge is -2.18. The van der Waals surface area contributed by atoms with Gasteiger partial charge in [0.25, 0.3) is 0 Å². The summed E-state index contributed by atoms with van der Waals surface area (Å²) in [5.74, 6) is -1.19. The summed E-state index contributed by atoms with van der Waals surface area (Å²) in [5, 5.41) is 20.9. The summed E-state index contributed by atoms with van der Waals surface area (Å²) in [5.41, 5.74) is 0. The van der Waals surface area contributed by atoms with E-state index in [-0.39, 0.29) is 12.6 Å². The van der Waals surface area contributed by atoms with Gasteiger partial charge in [-0.2, -0.15) is 0 Å². The van der Waals surface area contributed by atoms with Crippen molar-refractivity contribution in [1.29, 1.82) is 0 Å². The van der Waals surface area contributed by atoms with Crippen LogP contribution in [0.1, 0.15) is 44.5 Å². The van der Waals surface area contributed by atoms with E-state index in [1.54, 1.807) is 14.0 Å². The number of aliphatic carboxylic acids is 1. The van der Waals surface area contributed by atoms with Gasteiger partial charge < -0.3 is 10.0 Å². The van der Waals surface area contributed by atoms with Crippen molar-refractivity contribution in [2.75, 3.05) is 18.9 Å². The Hall–Kier alpha value is -1.70. The molecule has 8 heteroatoms. The highest BCUT2D eigenvalue weighted by atomic mass is 32.1. The van der Waals surface area contributed by atoms with Crippen LogP contribution in [0.15, 0.2) is 0 Å². The Labute approximate surface area is 128 Å². The van der Waals surface area contributed by atoms with Crippen LogP contribution in [-0.2, 0) is 4.79 Å². The molecule has 1 atom stereocenters. The normalized spacial score (nSPS) is 12.2. The van der Waals surface area contributed by atoms with Gasteiger partial charge in [0.2, 0.25) is 5.13 Å². The Bertz CT molecular complexity index is 488. The lowest BCUT2D eigenvalue weighted by Crippen LogP contribution is -2.36. The average molecular weight is 314 g/mol. The van der Waals surface area contributed by atoms with E-state index in [0.29, 0.717) is 11.0 Å². The molecule has 1 unspecified atom stereocenters. The zero-order valence-corrected chi connectivity index (χ0v) is 13.6. The highest BCUT2D eigenvalue weighted by Gasteiger charge is 2.19. The fraction of sp³-hybridized carbons (Fsp3) is 0.692. The van der Waals surface area contributed by atoms with Crippen LogP contribution in [0.5, 0.6) is 0 Å². The van der Waals surface area contributed by atoms with E-state index in [1.807, 2.05) is 0 Å².